The molecule has 142 valence electrons. The smallest absolute Gasteiger partial charge is 0.274 e. The SMILES string of the molecule is Cc1ccc(C(=O)N(C)CCc2noc(-c3cc4ccccc4[nH]3)n2)c(C)c1. The lowest BCUT2D eigenvalue weighted by Crippen LogP contribution is -2.29. The van der Waals surface area contributed by atoms with Gasteiger partial charge in [0.1, 0.15) is 5.69 Å². The molecule has 0 spiro atoms. The van der Waals surface area contributed by atoms with Gasteiger partial charge in [-0.3, -0.25) is 4.79 Å². The number of nitrogens with zero attached hydrogens (tertiary/aromatic N) is 3. The van der Waals surface area contributed by atoms with Crippen LogP contribution >= 0.6 is 0 Å². The van der Waals surface area contributed by atoms with Crippen molar-refractivity contribution in [1.29, 1.82) is 0 Å². The van der Waals surface area contributed by atoms with Crippen LogP contribution in [0.15, 0.2) is 53.1 Å². The quantitative estimate of drug-likeness (QED) is 0.569. The lowest BCUT2D eigenvalue weighted by molar-refractivity contribution is 0.0795. The van der Waals surface area contributed by atoms with Gasteiger partial charge in [0.25, 0.3) is 11.8 Å². The lowest BCUT2D eigenvalue weighted by Gasteiger charge is -2.17. The number of hydrogen-bond donors (Lipinski definition) is 1. The van der Waals surface area contributed by atoms with Crippen molar-refractivity contribution in [3.05, 3.63) is 71.0 Å². The molecule has 0 bridgehead atoms. The number of fused-ring (bicyclic) bond motifs is 1. The molecular weight excluding hydrogens is 352 g/mol. The molecule has 4 aromatic rings. The third-order valence-corrected chi connectivity index (χ3v) is 4.86. The highest BCUT2D eigenvalue weighted by molar-refractivity contribution is 5.95. The van der Waals surface area contributed by atoms with Gasteiger partial charge in [-0.1, -0.05) is 41.1 Å². The van der Waals surface area contributed by atoms with Crippen LogP contribution in [0, 0.1) is 13.8 Å². The third-order valence-electron chi connectivity index (χ3n) is 4.86. The minimum Gasteiger partial charge on any atom is -0.351 e. The molecule has 6 nitrogen and oxygen atoms in total. The summed E-state index contributed by atoms with van der Waals surface area (Å²) in [6.45, 7) is 4.49. The predicted molar refractivity (Wildman–Crippen MR) is 108 cm³/mol. The molecule has 2 aromatic carbocycles. The summed E-state index contributed by atoms with van der Waals surface area (Å²) in [6, 6.07) is 15.8. The second-order valence-electron chi connectivity index (χ2n) is 7.08. The van der Waals surface area contributed by atoms with E-state index in [4.69, 9.17) is 4.52 Å². The molecule has 2 heterocycles. The molecule has 0 aliphatic rings. The molecule has 0 saturated heterocycles. The molecule has 0 radical (unpaired) electrons. The van der Waals surface area contributed by atoms with Crippen molar-refractivity contribution < 1.29 is 9.32 Å². The molecule has 0 fully saturated rings. The Kier molecular flexibility index (Phi) is 4.69. The summed E-state index contributed by atoms with van der Waals surface area (Å²) in [5.41, 5.74) is 4.67. The minimum atomic E-state index is -0.00293. The maximum absolute atomic E-state index is 12.7. The minimum absolute atomic E-state index is 0.00293. The van der Waals surface area contributed by atoms with E-state index in [9.17, 15) is 4.79 Å². The highest BCUT2D eigenvalue weighted by Crippen LogP contribution is 2.22. The Balaban J connectivity index is 1.43. The zero-order valence-electron chi connectivity index (χ0n) is 16.2. The van der Waals surface area contributed by atoms with E-state index < -0.39 is 0 Å². The van der Waals surface area contributed by atoms with E-state index >= 15 is 0 Å². The Morgan fingerprint density at radius 3 is 2.75 bits per heavy atom. The van der Waals surface area contributed by atoms with Crippen LogP contribution in [0.25, 0.3) is 22.5 Å². The molecule has 28 heavy (non-hydrogen) atoms. The summed E-state index contributed by atoms with van der Waals surface area (Å²) in [5, 5.41) is 5.15. The molecule has 0 unspecified atom stereocenters. The van der Waals surface area contributed by atoms with E-state index in [1.807, 2.05) is 62.4 Å². The van der Waals surface area contributed by atoms with Crippen LogP contribution in [0.4, 0.5) is 0 Å². The van der Waals surface area contributed by atoms with Crippen LogP contribution in [0.5, 0.6) is 0 Å². The number of H-pyrrole nitrogens is 1. The van der Waals surface area contributed by atoms with Crippen LogP contribution in [0.2, 0.25) is 0 Å². The second kappa shape index (κ2) is 7.31. The van der Waals surface area contributed by atoms with Gasteiger partial charge in [-0.05, 0) is 37.6 Å². The number of hydrogen-bond acceptors (Lipinski definition) is 4. The van der Waals surface area contributed by atoms with Gasteiger partial charge in [0, 0.05) is 36.5 Å². The normalized spacial score (nSPS) is 11.1. The number of carbonyl (C=O) groups is 1. The first-order chi connectivity index (χ1) is 13.5. The van der Waals surface area contributed by atoms with Gasteiger partial charge in [-0.15, -0.1) is 0 Å². The first kappa shape index (κ1) is 18.0. The summed E-state index contributed by atoms with van der Waals surface area (Å²) < 4.78 is 5.39. The van der Waals surface area contributed by atoms with E-state index in [2.05, 4.69) is 15.1 Å². The van der Waals surface area contributed by atoms with Gasteiger partial charge < -0.3 is 14.4 Å². The maximum atomic E-state index is 12.7. The number of aromatic nitrogens is 3. The number of nitrogens with one attached hydrogen (secondary N) is 1. The number of likely N-dealkylation sites (N-methyl/N-ethyl adjacent to an activating group) is 1. The molecule has 0 atom stereocenters. The number of rotatable bonds is 5. The Bertz CT molecular complexity index is 1110. The number of amides is 1. The third kappa shape index (κ3) is 3.53. The Labute approximate surface area is 163 Å². The maximum Gasteiger partial charge on any atom is 0.274 e. The standard InChI is InChI=1S/C22H22N4O2/c1-14-8-9-17(15(2)12-14)22(27)26(3)11-10-20-24-21(28-25-20)19-13-16-6-4-5-7-18(16)23-19/h4-9,12-13,23H,10-11H2,1-3H3. The van der Waals surface area contributed by atoms with Crippen LogP contribution in [0.3, 0.4) is 0 Å². The first-order valence-corrected chi connectivity index (χ1v) is 9.24. The summed E-state index contributed by atoms with van der Waals surface area (Å²) in [7, 11) is 1.79. The average molecular weight is 374 g/mol. The van der Waals surface area contributed by atoms with E-state index in [0.29, 0.717) is 24.7 Å². The van der Waals surface area contributed by atoms with Crippen LogP contribution in [-0.2, 0) is 6.42 Å². The summed E-state index contributed by atoms with van der Waals surface area (Å²) >= 11 is 0. The molecule has 4 rings (SSSR count). The largest absolute Gasteiger partial charge is 0.351 e. The molecule has 1 amide bonds. The predicted octanol–water partition coefficient (Wildman–Crippen LogP) is 4.15. The number of para-hydroxylation sites is 1. The monoisotopic (exact) mass is 374 g/mol. The molecule has 6 heteroatoms. The fraction of sp³-hybridized carbons (Fsp3) is 0.227. The average Bonchev–Trinajstić information content (AvgIpc) is 3.32. The number of aromatic amines is 1. The van der Waals surface area contributed by atoms with E-state index in [-0.39, 0.29) is 5.91 Å². The molecular formula is C22H22N4O2. The highest BCUT2D eigenvalue weighted by Gasteiger charge is 2.16. The first-order valence-electron chi connectivity index (χ1n) is 9.24. The topological polar surface area (TPSA) is 75.0 Å². The Morgan fingerprint density at radius 2 is 1.96 bits per heavy atom. The van der Waals surface area contributed by atoms with Crippen molar-refractivity contribution in [2.24, 2.45) is 0 Å². The van der Waals surface area contributed by atoms with Gasteiger partial charge in [0.05, 0.1) is 0 Å². The van der Waals surface area contributed by atoms with Gasteiger partial charge in [-0.2, -0.15) is 4.98 Å². The zero-order chi connectivity index (χ0) is 19.7. The lowest BCUT2D eigenvalue weighted by atomic mass is 10.0. The Hall–Kier alpha value is -3.41. The fourth-order valence-corrected chi connectivity index (χ4v) is 3.28. The molecule has 0 aliphatic heterocycles. The number of aryl methyl sites for hydroxylation is 2. The summed E-state index contributed by atoms with van der Waals surface area (Å²) in [4.78, 5) is 22.1. The van der Waals surface area contributed by atoms with Crippen molar-refractivity contribution in [3.63, 3.8) is 0 Å². The van der Waals surface area contributed by atoms with Gasteiger partial charge in [-0.25, -0.2) is 0 Å². The van der Waals surface area contributed by atoms with Crippen molar-refractivity contribution >= 4 is 16.8 Å². The van der Waals surface area contributed by atoms with Gasteiger partial charge >= 0.3 is 0 Å². The van der Waals surface area contributed by atoms with Crippen molar-refractivity contribution in [1.82, 2.24) is 20.0 Å². The highest BCUT2D eigenvalue weighted by atomic mass is 16.5. The van der Waals surface area contributed by atoms with Crippen molar-refractivity contribution in [2.45, 2.75) is 20.3 Å². The van der Waals surface area contributed by atoms with Gasteiger partial charge in [0.2, 0.25) is 0 Å². The van der Waals surface area contributed by atoms with Crippen molar-refractivity contribution in [3.8, 4) is 11.6 Å². The van der Waals surface area contributed by atoms with Gasteiger partial charge in [0.15, 0.2) is 5.82 Å². The molecule has 0 aliphatic carbocycles. The number of carbonyl (C=O) groups excluding carboxylic acids is 1. The van der Waals surface area contributed by atoms with Crippen molar-refractivity contribution in [2.75, 3.05) is 13.6 Å². The summed E-state index contributed by atoms with van der Waals surface area (Å²) in [6.07, 6.45) is 0.525. The van der Waals surface area contributed by atoms with E-state index in [1.165, 1.54) is 0 Å². The fourth-order valence-electron chi connectivity index (χ4n) is 3.28. The zero-order valence-corrected chi connectivity index (χ0v) is 16.2. The molecule has 0 saturated carbocycles. The molecule has 1 N–H and O–H groups in total. The second-order valence-corrected chi connectivity index (χ2v) is 7.08. The van der Waals surface area contributed by atoms with Crippen LogP contribution in [0.1, 0.15) is 27.3 Å². The molecule has 2 aromatic heterocycles. The summed E-state index contributed by atoms with van der Waals surface area (Å²) in [5.74, 6) is 1.03. The van der Waals surface area contributed by atoms with E-state index in [0.717, 1.165) is 33.3 Å². The number of benzene rings is 2. The van der Waals surface area contributed by atoms with Crippen LogP contribution < -0.4 is 0 Å². The van der Waals surface area contributed by atoms with E-state index in [1.54, 1.807) is 11.9 Å². The Morgan fingerprint density at radius 1 is 1.14 bits per heavy atom. The van der Waals surface area contributed by atoms with Crippen LogP contribution in [-0.4, -0.2) is 39.5 Å².